The summed E-state index contributed by atoms with van der Waals surface area (Å²) in [5.41, 5.74) is 7.42. The molecular weight excluding hydrogens is 448 g/mol. The Kier molecular flexibility index (Phi) is 5.71. The summed E-state index contributed by atoms with van der Waals surface area (Å²) >= 11 is 0. The van der Waals surface area contributed by atoms with Crippen LogP contribution in [0.4, 0.5) is 11.6 Å². The highest BCUT2D eigenvalue weighted by Gasteiger charge is 2.27. The van der Waals surface area contributed by atoms with E-state index in [1.807, 2.05) is 36.7 Å². The fourth-order valence-electron chi connectivity index (χ4n) is 5.68. The molecule has 1 fully saturated rings. The Bertz CT molecular complexity index is 1460. The Morgan fingerprint density at radius 2 is 1.78 bits per heavy atom. The van der Waals surface area contributed by atoms with Crippen LogP contribution in [0.1, 0.15) is 36.5 Å². The number of hydrogen-bond acceptors (Lipinski definition) is 5. The number of anilines is 1. The van der Waals surface area contributed by atoms with Gasteiger partial charge in [-0.15, -0.1) is 0 Å². The van der Waals surface area contributed by atoms with E-state index < -0.39 is 6.10 Å². The summed E-state index contributed by atoms with van der Waals surface area (Å²) in [7, 11) is 4.31. The zero-order chi connectivity index (χ0) is 24.8. The number of aliphatic hydroxyl groups is 1. The lowest BCUT2D eigenvalue weighted by atomic mass is 9.96. The maximum atomic E-state index is 10.6. The fourth-order valence-corrected chi connectivity index (χ4v) is 5.68. The molecule has 6 rings (SSSR count). The normalized spacial score (nSPS) is 18.1. The van der Waals surface area contributed by atoms with Gasteiger partial charge in [-0.05, 0) is 68.1 Å². The molecule has 1 N–H and O–H groups in total. The summed E-state index contributed by atoms with van der Waals surface area (Å²) in [6.45, 7) is 9.22. The Labute approximate surface area is 211 Å². The number of imidazole rings is 1. The number of hydrogen-bond donors (Lipinski definition) is 1. The third-order valence-corrected chi connectivity index (χ3v) is 7.76. The van der Waals surface area contributed by atoms with Crippen LogP contribution in [0.15, 0.2) is 54.9 Å². The van der Waals surface area contributed by atoms with Gasteiger partial charge in [0.1, 0.15) is 5.65 Å². The first-order chi connectivity index (χ1) is 17.5. The predicted octanol–water partition coefficient (Wildman–Crippen LogP) is 5.12. The smallest absolute Gasteiger partial charge is 0.211 e. The number of nitrogens with zero attached hydrogens (tertiary/aromatic N) is 6. The van der Waals surface area contributed by atoms with E-state index in [2.05, 4.69) is 51.3 Å². The lowest BCUT2D eigenvalue weighted by Gasteiger charge is -2.36. The minimum absolute atomic E-state index is 0.428. The molecule has 182 valence electrons. The van der Waals surface area contributed by atoms with Crippen molar-refractivity contribution >= 4 is 17.3 Å². The summed E-state index contributed by atoms with van der Waals surface area (Å²) in [5.74, 6) is 0.897. The van der Waals surface area contributed by atoms with Gasteiger partial charge in [0.2, 0.25) is 5.95 Å². The summed E-state index contributed by atoms with van der Waals surface area (Å²) in [5, 5.41) is 10.6. The highest BCUT2D eigenvalue weighted by atomic mass is 16.3. The Balaban J connectivity index is 1.54. The highest BCUT2D eigenvalue weighted by molar-refractivity contribution is 5.91. The van der Waals surface area contributed by atoms with E-state index in [-0.39, 0.29) is 0 Å². The lowest BCUT2D eigenvalue weighted by molar-refractivity contribution is 0.180. The van der Waals surface area contributed by atoms with E-state index in [0.29, 0.717) is 11.7 Å². The second kappa shape index (κ2) is 9.05. The van der Waals surface area contributed by atoms with Crippen molar-refractivity contribution in [2.45, 2.75) is 37.8 Å². The number of rotatable bonds is 4. The van der Waals surface area contributed by atoms with Gasteiger partial charge in [-0.1, -0.05) is 36.4 Å². The van der Waals surface area contributed by atoms with Crippen molar-refractivity contribution in [2.24, 2.45) is 0 Å². The minimum Gasteiger partial charge on any atom is -0.388 e. The van der Waals surface area contributed by atoms with Gasteiger partial charge >= 0.3 is 0 Å². The third kappa shape index (κ3) is 3.83. The average molecular weight is 479 g/mol. The van der Waals surface area contributed by atoms with E-state index in [1.54, 1.807) is 0 Å². The van der Waals surface area contributed by atoms with Crippen LogP contribution in [0.3, 0.4) is 0 Å². The van der Waals surface area contributed by atoms with E-state index in [0.717, 1.165) is 78.3 Å². The number of fused-ring (bicyclic) bond motifs is 2. The quantitative estimate of drug-likeness (QED) is 0.413. The first-order valence-corrected chi connectivity index (χ1v) is 12.6. The molecule has 7 nitrogen and oxygen atoms in total. The van der Waals surface area contributed by atoms with Gasteiger partial charge in [0.25, 0.3) is 0 Å². The molecule has 0 spiro atoms. The Morgan fingerprint density at radius 3 is 2.50 bits per heavy atom. The number of aryl methyl sites for hydroxylation is 1. The van der Waals surface area contributed by atoms with Crippen molar-refractivity contribution in [1.82, 2.24) is 19.3 Å². The zero-order valence-electron chi connectivity index (χ0n) is 20.7. The van der Waals surface area contributed by atoms with Gasteiger partial charge in [0, 0.05) is 31.5 Å². The molecule has 36 heavy (non-hydrogen) atoms. The van der Waals surface area contributed by atoms with Crippen molar-refractivity contribution < 1.29 is 5.11 Å². The van der Waals surface area contributed by atoms with Crippen LogP contribution >= 0.6 is 0 Å². The fraction of sp³-hybridized carbons (Fsp3) is 0.345. The molecule has 1 aliphatic heterocycles. The molecule has 2 aromatic heterocycles. The summed E-state index contributed by atoms with van der Waals surface area (Å²) in [6, 6.07) is 14.6. The Hall–Kier alpha value is -3.73. The van der Waals surface area contributed by atoms with E-state index >= 15 is 0 Å². The monoisotopic (exact) mass is 478 g/mol. The number of aromatic nitrogens is 3. The van der Waals surface area contributed by atoms with Gasteiger partial charge in [-0.25, -0.2) is 14.8 Å². The molecule has 0 saturated carbocycles. The number of aliphatic hydroxyl groups excluding tert-OH is 1. The van der Waals surface area contributed by atoms with Gasteiger partial charge in [0.05, 0.1) is 23.9 Å². The maximum Gasteiger partial charge on any atom is 0.211 e. The number of piperidine rings is 1. The summed E-state index contributed by atoms with van der Waals surface area (Å²) in [4.78, 5) is 18.3. The molecule has 7 heteroatoms. The molecule has 0 amide bonds. The SMILES string of the molecule is [C-]#[N+]c1ccc(-c2nc(N3CCC(N(C)C)CC3)n3ccnc3c2-c2ccc3c(c2)C(O)CC3)cc1. The van der Waals surface area contributed by atoms with E-state index in [9.17, 15) is 5.11 Å². The molecule has 2 aromatic carbocycles. The van der Waals surface area contributed by atoms with Crippen LogP contribution in [-0.4, -0.2) is 57.6 Å². The van der Waals surface area contributed by atoms with Crippen molar-refractivity contribution in [2.75, 3.05) is 32.1 Å². The highest BCUT2D eigenvalue weighted by Crippen LogP contribution is 2.40. The van der Waals surface area contributed by atoms with Crippen LogP contribution < -0.4 is 4.90 Å². The number of benzene rings is 2. The molecule has 0 radical (unpaired) electrons. The third-order valence-electron chi connectivity index (χ3n) is 7.76. The van der Waals surface area contributed by atoms with Gasteiger partial charge in [-0.2, -0.15) is 0 Å². The predicted molar refractivity (Wildman–Crippen MR) is 142 cm³/mol. The van der Waals surface area contributed by atoms with E-state index in [1.165, 1.54) is 5.56 Å². The molecule has 1 atom stereocenters. The molecule has 1 saturated heterocycles. The summed E-state index contributed by atoms with van der Waals surface area (Å²) in [6.07, 6.45) is 7.25. The van der Waals surface area contributed by atoms with Crippen LogP contribution in [0.25, 0.3) is 32.9 Å². The van der Waals surface area contributed by atoms with Gasteiger partial charge in [-0.3, -0.25) is 4.40 Å². The van der Waals surface area contributed by atoms with Crippen molar-refractivity contribution in [1.29, 1.82) is 0 Å². The lowest BCUT2D eigenvalue weighted by Crippen LogP contribution is -2.43. The zero-order valence-corrected chi connectivity index (χ0v) is 20.7. The standard InChI is InChI=1S/C29H30N6O/c1-30-22-9-6-20(7-10-22)27-26(21-5-4-19-8-11-25(36)24(19)18-21)28-31-14-17-35(28)29(32-27)34-15-12-23(13-16-34)33(2)3/h4-7,9-10,14,17-18,23,25,36H,8,11-13,15-16H2,2-3H3. The molecule has 3 heterocycles. The molecule has 1 aliphatic carbocycles. The van der Waals surface area contributed by atoms with Crippen LogP contribution in [0.5, 0.6) is 0 Å². The molecule has 4 aromatic rings. The molecular formula is C29H30N6O. The largest absolute Gasteiger partial charge is 0.388 e. The minimum atomic E-state index is -0.428. The van der Waals surface area contributed by atoms with E-state index in [4.69, 9.17) is 16.5 Å². The second-order valence-electron chi connectivity index (χ2n) is 10.1. The Morgan fingerprint density at radius 1 is 1.03 bits per heavy atom. The van der Waals surface area contributed by atoms with Gasteiger partial charge < -0.3 is 14.9 Å². The maximum absolute atomic E-state index is 10.6. The first kappa shape index (κ1) is 22.7. The van der Waals surface area contributed by atoms with Crippen molar-refractivity contribution in [3.05, 3.63) is 77.4 Å². The van der Waals surface area contributed by atoms with Crippen LogP contribution in [-0.2, 0) is 6.42 Å². The van der Waals surface area contributed by atoms with Crippen molar-refractivity contribution in [3.8, 4) is 22.4 Å². The molecule has 1 unspecified atom stereocenters. The van der Waals surface area contributed by atoms with Crippen LogP contribution in [0.2, 0.25) is 0 Å². The van der Waals surface area contributed by atoms with Crippen molar-refractivity contribution in [3.63, 3.8) is 0 Å². The molecule has 2 aliphatic rings. The molecule has 0 bridgehead atoms. The second-order valence-corrected chi connectivity index (χ2v) is 10.1. The summed E-state index contributed by atoms with van der Waals surface area (Å²) < 4.78 is 2.10. The first-order valence-electron chi connectivity index (χ1n) is 12.6. The van der Waals surface area contributed by atoms with Gasteiger partial charge in [0.15, 0.2) is 5.69 Å². The van der Waals surface area contributed by atoms with Crippen LogP contribution in [0, 0.1) is 6.57 Å². The average Bonchev–Trinajstić information content (AvgIpc) is 3.55. The topological polar surface area (TPSA) is 61.3 Å².